The molecule has 2 aromatic heterocycles. The fourth-order valence-electron chi connectivity index (χ4n) is 8.40. The summed E-state index contributed by atoms with van der Waals surface area (Å²) >= 11 is 30.0. The minimum Gasteiger partial charge on any atom is -0.497 e. The smallest absolute Gasteiger partial charge is 0.248 e. The molecule has 0 aliphatic carbocycles. The van der Waals surface area contributed by atoms with Crippen molar-refractivity contribution >= 4 is 136 Å². The number of nitrogens with one attached hydrogen (secondary N) is 2. The summed E-state index contributed by atoms with van der Waals surface area (Å²) in [6, 6.07) is 45.6. The number of nitrogens with zero attached hydrogens (tertiary/aromatic N) is 4. The van der Waals surface area contributed by atoms with E-state index < -0.39 is 22.6 Å². The van der Waals surface area contributed by atoms with E-state index in [1.54, 1.807) is 24.0 Å². The van der Waals surface area contributed by atoms with Crippen molar-refractivity contribution in [3.8, 4) is 34.0 Å². The first-order valence-electron chi connectivity index (χ1n) is 22.5. The number of anilines is 4. The Hall–Kier alpha value is -5.82. The SMILES string of the molecule is COc1ccc(-c2csc(NC(c3ccc(Cl)cc3)C3SC(=S)N(c4ccc(CCc5ccc(N6C(=O)C(C(Nc7nc(-c8ccc(OC)cc8)cs7)c7ccc(Cl)cc7)SC6=S)cc5)cc4)C3=O)n2)cc1. The maximum absolute atomic E-state index is 14.4. The first-order chi connectivity index (χ1) is 35.0. The zero-order valence-electron chi connectivity index (χ0n) is 38.4. The Bertz CT molecular complexity index is 3030. The van der Waals surface area contributed by atoms with Gasteiger partial charge in [-0.05, 0) is 132 Å². The van der Waals surface area contributed by atoms with E-state index >= 15 is 0 Å². The number of carbonyl (C=O) groups excluding carboxylic acids is 2. The van der Waals surface area contributed by atoms with Gasteiger partial charge in [-0.25, -0.2) is 9.97 Å². The van der Waals surface area contributed by atoms with Crippen LogP contribution in [0.15, 0.2) is 156 Å². The highest BCUT2D eigenvalue weighted by atomic mass is 35.5. The Labute approximate surface area is 454 Å². The van der Waals surface area contributed by atoms with Gasteiger partial charge < -0.3 is 20.1 Å². The molecule has 0 spiro atoms. The Morgan fingerprint density at radius 2 is 0.903 bits per heavy atom. The Morgan fingerprint density at radius 1 is 0.542 bits per heavy atom. The molecular formula is C54H42Cl2N6O4S6. The second-order valence-electron chi connectivity index (χ2n) is 16.7. The molecular weight excluding hydrogens is 1060 g/mol. The Kier molecular flexibility index (Phi) is 15.3. The average Bonchev–Trinajstić information content (AvgIpc) is 4.21. The van der Waals surface area contributed by atoms with E-state index in [1.807, 2.05) is 156 Å². The van der Waals surface area contributed by atoms with Gasteiger partial charge in [-0.2, -0.15) is 0 Å². The number of aromatic nitrogens is 2. The number of amides is 2. The van der Waals surface area contributed by atoms with Crippen LogP contribution in [-0.4, -0.2) is 55.1 Å². The van der Waals surface area contributed by atoms with Crippen LogP contribution in [-0.2, 0) is 22.4 Å². The maximum Gasteiger partial charge on any atom is 0.248 e. The number of thiocarbonyl (C=S) groups is 2. The van der Waals surface area contributed by atoms with Crippen molar-refractivity contribution in [2.24, 2.45) is 0 Å². The number of aryl methyl sites for hydroxylation is 2. The lowest BCUT2D eigenvalue weighted by molar-refractivity contribution is -0.117. The highest BCUT2D eigenvalue weighted by Crippen LogP contribution is 2.43. The molecule has 4 atom stereocenters. The van der Waals surface area contributed by atoms with Gasteiger partial charge in [0.05, 0.1) is 49.1 Å². The monoisotopic (exact) mass is 1100 g/mol. The molecule has 10 nitrogen and oxygen atoms in total. The zero-order valence-corrected chi connectivity index (χ0v) is 44.8. The van der Waals surface area contributed by atoms with Crippen LogP contribution in [0.1, 0.15) is 34.3 Å². The zero-order chi connectivity index (χ0) is 49.9. The molecule has 6 aromatic carbocycles. The lowest BCUT2D eigenvalue weighted by atomic mass is 10.0. The van der Waals surface area contributed by atoms with Crippen LogP contribution in [0.3, 0.4) is 0 Å². The Morgan fingerprint density at radius 3 is 1.25 bits per heavy atom. The van der Waals surface area contributed by atoms with Crippen LogP contribution < -0.4 is 29.9 Å². The first kappa shape index (κ1) is 49.7. The van der Waals surface area contributed by atoms with Crippen molar-refractivity contribution in [3.63, 3.8) is 0 Å². The molecule has 2 N–H and O–H groups in total. The van der Waals surface area contributed by atoms with E-state index in [0.717, 1.165) is 69.1 Å². The summed E-state index contributed by atoms with van der Waals surface area (Å²) in [5.41, 5.74) is 8.96. The first-order valence-corrected chi connectivity index (χ1v) is 27.6. The number of hydrogen-bond acceptors (Lipinski definition) is 14. The van der Waals surface area contributed by atoms with E-state index in [-0.39, 0.29) is 11.8 Å². The maximum atomic E-state index is 14.4. The quantitative estimate of drug-likeness (QED) is 0.0848. The normalized spacial score (nSPS) is 16.6. The van der Waals surface area contributed by atoms with Gasteiger partial charge >= 0.3 is 0 Å². The molecule has 10 rings (SSSR count). The van der Waals surface area contributed by atoms with E-state index in [9.17, 15) is 9.59 Å². The topological polar surface area (TPSA) is 109 Å². The van der Waals surface area contributed by atoms with Gasteiger partial charge in [0.2, 0.25) is 11.8 Å². The number of rotatable bonds is 17. The van der Waals surface area contributed by atoms with Crippen molar-refractivity contribution in [1.29, 1.82) is 0 Å². The molecule has 2 aliphatic heterocycles. The van der Waals surface area contributed by atoms with Crippen LogP contribution in [0.2, 0.25) is 10.0 Å². The number of hydrogen-bond donors (Lipinski definition) is 2. The van der Waals surface area contributed by atoms with Gasteiger partial charge in [0, 0.05) is 31.9 Å². The van der Waals surface area contributed by atoms with Crippen LogP contribution >= 0.6 is 93.8 Å². The predicted octanol–water partition coefficient (Wildman–Crippen LogP) is 14.2. The second kappa shape index (κ2) is 22.1. The van der Waals surface area contributed by atoms with E-state index in [0.29, 0.717) is 40.3 Å². The van der Waals surface area contributed by atoms with Crippen molar-refractivity contribution in [3.05, 3.63) is 189 Å². The molecule has 72 heavy (non-hydrogen) atoms. The lowest BCUT2D eigenvalue weighted by Crippen LogP contribution is -2.35. The second-order valence-corrected chi connectivity index (χ2v) is 22.8. The molecule has 2 fully saturated rings. The molecule has 0 saturated carbocycles. The summed E-state index contributed by atoms with van der Waals surface area (Å²) in [6.45, 7) is 0. The minimum atomic E-state index is -0.561. The summed E-state index contributed by atoms with van der Waals surface area (Å²) in [5, 5.41) is 12.5. The molecule has 362 valence electrons. The van der Waals surface area contributed by atoms with E-state index in [4.69, 9.17) is 67.1 Å². The summed E-state index contributed by atoms with van der Waals surface area (Å²) in [4.78, 5) is 41.7. The molecule has 2 aliphatic rings. The van der Waals surface area contributed by atoms with Crippen molar-refractivity contribution in [2.75, 3.05) is 34.7 Å². The summed E-state index contributed by atoms with van der Waals surface area (Å²) in [7, 11) is 3.28. The van der Waals surface area contributed by atoms with Crippen LogP contribution in [0.4, 0.5) is 21.6 Å². The number of ether oxygens (including phenoxy) is 2. The average molecular weight is 1100 g/mol. The van der Waals surface area contributed by atoms with Gasteiger partial charge in [-0.15, -0.1) is 22.7 Å². The summed E-state index contributed by atoms with van der Waals surface area (Å²) in [6.07, 6.45) is 1.52. The number of thioether (sulfide) groups is 2. The fraction of sp³-hybridized carbons (Fsp3) is 0.148. The van der Waals surface area contributed by atoms with Crippen molar-refractivity contribution in [1.82, 2.24) is 9.97 Å². The standard InChI is InChI=1S/C54H42Cl2N6O4S6/c1-65-41-25-13-33(14-26-41)43-29-69-51(57-43)59-45(35-9-17-37(55)18-10-35)47-49(63)61(53(67)71-47)39-21-5-31(6-22-39)3-4-32-7-23-40(24-8-32)62-50(64)48(72-54(62)68)46(36-11-19-38(56)20-12-36)60-52-58-44(30-70-52)34-15-27-42(66-2)28-16-34/h5-30,45-48H,3-4H2,1-2H3,(H,57,59)(H,58,60). The third kappa shape index (κ3) is 10.9. The molecule has 4 unspecified atom stereocenters. The molecule has 18 heteroatoms. The van der Waals surface area contributed by atoms with Crippen molar-refractivity contribution in [2.45, 2.75) is 35.4 Å². The van der Waals surface area contributed by atoms with Gasteiger partial charge in [0.15, 0.2) is 10.3 Å². The number of methoxy groups -OCH3 is 2. The van der Waals surface area contributed by atoms with E-state index in [2.05, 4.69) is 10.6 Å². The van der Waals surface area contributed by atoms with Crippen LogP contribution in [0, 0.1) is 0 Å². The Balaban J connectivity index is 0.786. The van der Waals surface area contributed by atoms with Gasteiger partial charge in [0.1, 0.15) is 30.6 Å². The summed E-state index contributed by atoms with van der Waals surface area (Å²) < 4.78 is 11.6. The number of thiazole rings is 2. The molecule has 8 aromatic rings. The summed E-state index contributed by atoms with van der Waals surface area (Å²) in [5.74, 6) is 1.30. The molecule has 2 amide bonds. The van der Waals surface area contributed by atoms with Crippen molar-refractivity contribution < 1.29 is 19.1 Å². The minimum absolute atomic E-state index is 0.117. The molecule has 2 saturated heterocycles. The lowest BCUT2D eigenvalue weighted by Gasteiger charge is -2.23. The van der Waals surface area contributed by atoms with Crippen LogP contribution in [0.25, 0.3) is 22.5 Å². The third-order valence-corrected chi connectivity index (χ3v) is 17.5. The highest BCUT2D eigenvalue weighted by Gasteiger charge is 2.45. The van der Waals surface area contributed by atoms with Gasteiger partial charge in [-0.3, -0.25) is 19.4 Å². The number of benzene rings is 6. The van der Waals surface area contributed by atoms with Gasteiger partial charge in [0.25, 0.3) is 0 Å². The van der Waals surface area contributed by atoms with Crippen LogP contribution in [0.5, 0.6) is 11.5 Å². The molecule has 0 bridgehead atoms. The third-order valence-electron chi connectivity index (χ3n) is 12.2. The van der Waals surface area contributed by atoms with Gasteiger partial charge in [-0.1, -0.05) is 120 Å². The number of halogens is 2. The highest BCUT2D eigenvalue weighted by molar-refractivity contribution is 8.25. The molecule has 0 radical (unpaired) electrons. The van der Waals surface area contributed by atoms with E-state index in [1.165, 1.54) is 46.2 Å². The predicted molar refractivity (Wildman–Crippen MR) is 307 cm³/mol. The largest absolute Gasteiger partial charge is 0.497 e. The number of carbonyl (C=O) groups is 2. The molecule has 4 heterocycles. The fourth-order valence-corrected chi connectivity index (χ4v) is 13.4.